The third kappa shape index (κ3) is 4.90. The molecule has 0 aliphatic heterocycles. The predicted octanol–water partition coefficient (Wildman–Crippen LogP) is 7.40. The number of hydrogen-bond donors (Lipinski definition) is 1. The number of ether oxygens (including phenoxy) is 1. The molecule has 5 nitrogen and oxygen atoms in total. The number of fused-ring (bicyclic) bond motifs is 1. The lowest BCUT2D eigenvalue weighted by molar-refractivity contribution is 0.101. The molecule has 0 bridgehead atoms. The number of furan rings is 1. The van der Waals surface area contributed by atoms with Gasteiger partial charge in [-0.2, -0.15) is 0 Å². The first-order valence-electron chi connectivity index (χ1n) is 10.5. The van der Waals surface area contributed by atoms with Crippen molar-refractivity contribution in [3.63, 3.8) is 0 Å². The van der Waals surface area contributed by atoms with E-state index in [9.17, 15) is 9.59 Å². The molecule has 0 aliphatic carbocycles. The summed E-state index contributed by atoms with van der Waals surface area (Å²) < 4.78 is 11.5. The van der Waals surface area contributed by atoms with Crippen LogP contribution in [0.1, 0.15) is 46.2 Å². The summed E-state index contributed by atoms with van der Waals surface area (Å²) in [6.07, 6.45) is 1.83. The Kier molecular flexibility index (Phi) is 7.02. The molecule has 1 N–H and O–H groups in total. The van der Waals surface area contributed by atoms with Gasteiger partial charge in [-0.05, 0) is 30.7 Å². The SMILES string of the molecule is CCCCOc1c(Cl)cc(C(=O)Nc2c(C(=O)c3ccccc3)oc3ccccc23)cc1Cl. The quantitative estimate of drug-likeness (QED) is 0.210. The molecule has 0 spiro atoms. The van der Waals surface area contributed by atoms with Gasteiger partial charge in [0.25, 0.3) is 5.91 Å². The van der Waals surface area contributed by atoms with Gasteiger partial charge < -0.3 is 14.5 Å². The molecule has 0 unspecified atom stereocenters. The Morgan fingerprint density at radius 3 is 2.30 bits per heavy atom. The van der Waals surface area contributed by atoms with E-state index in [-0.39, 0.29) is 27.2 Å². The molecule has 4 rings (SSSR count). The summed E-state index contributed by atoms with van der Waals surface area (Å²) in [5, 5.41) is 3.90. The third-order valence-electron chi connectivity index (χ3n) is 5.08. The van der Waals surface area contributed by atoms with Gasteiger partial charge in [0.2, 0.25) is 5.78 Å². The Morgan fingerprint density at radius 1 is 0.939 bits per heavy atom. The fraction of sp³-hybridized carbons (Fsp3) is 0.154. The van der Waals surface area contributed by atoms with Crippen molar-refractivity contribution in [3.05, 3.63) is 93.7 Å². The minimum Gasteiger partial charge on any atom is -0.490 e. The summed E-state index contributed by atoms with van der Waals surface area (Å²) in [7, 11) is 0. The Hall–Kier alpha value is -3.28. The van der Waals surface area contributed by atoms with Crippen molar-refractivity contribution in [2.45, 2.75) is 19.8 Å². The first-order chi connectivity index (χ1) is 16.0. The van der Waals surface area contributed by atoms with E-state index in [1.165, 1.54) is 12.1 Å². The van der Waals surface area contributed by atoms with E-state index in [1.54, 1.807) is 48.5 Å². The lowest BCUT2D eigenvalue weighted by Crippen LogP contribution is -2.14. The number of para-hydroxylation sites is 1. The number of rotatable bonds is 8. The maximum absolute atomic E-state index is 13.1. The number of benzene rings is 3. The number of carbonyl (C=O) groups excluding carboxylic acids is 2. The van der Waals surface area contributed by atoms with E-state index in [4.69, 9.17) is 32.4 Å². The Bertz CT molecular complexity index is 1290. The van der Waals surface area contributed by atoms with Crippen molar-refractivity contribution >= 4 is 51.5 Å². The molecule has 33 heavy (non-hydrogen) atoms. The first-order valence-corrected chi connectivity index (χ1v) is 11.3. The molecule has 1 aromatic heterocycles. The van der Waals surface area contributed by atoms with E-state index in [0.29, 0.717) is 34.6 Å². The number of halogens is 2. The minimum absolute atomic E-state index is 0.0486. The van der Waals surface area contributed by atoms with Crippen LogP contribution in [0, 0.1) is 0 Å². The second-order valence-electron chi connectivity index (χ2n) is 7.42. The van der Waals surface area contributed by atoms with E-state index in [2.05, 4.69) is 12.2 Å². The van der Waals surface area contributed by atoms with Crippen molar-refractivity contribution in [1.29, 1.82) is 0 Å². The van der Waals surface area contributed by atoms with Gasteiger partial charge in [0.15, 0.2) is 11.5 Å². The highest BCUT2D eigenvalue weighted by atomic mass is 35.5. The van der Waals surface area contributed by atoms with Gasteiger partial charge in [0, 0.05) is 16.5 Å². The molecule has 0 saturated carbocycles. The van der Waals surface area contributed by atoms with Crippen molar-refractivity contribution in [2.24, 2.45) is 0 Å². The zero-order valence-corrected chi connectivity index (χ0v) is 19.4. The zero-order valence-electron chi connectivity index (χ0n) is 17.9. The van der Waals surface area contributed by atoms with Crippen LogP contribution in [0.25, 0.3) is 11.0 Å². The van der Waals surface area contributed by atoms with Crippen LogP contribution in [0.5, 0.6) is 5.75 Å². The molecule has 3 aromatic carbocycles. The van der Waals surface area contributed by atoms with Gasteiger partial charge in [-0.3, -0.25) is 9.59 Å². The minimum atomic E-state index is -0.479. The number of anilines is 1. The van der Waals surface area contributed by atoms with Crippen LogP contribution in [0.15, 0.2) is 71.1 Å². The fourth-order valence-corrected chi connectivity index (χ4v) is 3.98. The standard InChI is InChI=1S/C26H21Cl2NO4/c1-2-3-13-32-24-19(27)14-17(15-20(24)28)26(31)29-22-18-11-7-8-12-21(18)33-25(22)23(30)16-9-5-4-6-10-16/h4-12,14-15H,2-3,13H2,1H3,(H,29,31). The first kappa shape index (κ1) is 22.9. The summed E-state index contributed by atoms with van der Waals surface area (Å²) in [6.45, 7) is 2.53. The molecular formula is C26H21Cl2NO4. The molecule has 1 heterocycles. The molecular weight excluding hydrogens is 461 g/mol. The number of carbonyl (C=O) groups is 2. The summed E-state index contributed by atoms with van der Waals surface area (Å²) in [4.78, 5) is 26.2. The van der Waals surface area contributed by atoms with Gasteiger partial charge in [0.1, 0.15) is 5.58 Å². The second-order valence-corrected chi connectivity index (χ2v) is 8.24. The topological polar surface area (TPSA) is 68.5 Å². The largest absolute Gasteiger partial charge is 0.490 e. The smallest absolute Gasteiger partial charge is 0.255 e. The van der Waals surface area contributed by atoms with Crippen molar-refractivity contribution in [3.8, 4) is 5.75 Å². The predicted molar refractivity (Wildman–Crippen MR) is 131 cm³/mol. The molecule has 0 atom stereocenters. The maximum Gasteiger partial charge on any atom is 0.255 e. The van der Waals surface area contributed by atoms with E-state index < -0.39 is 5.91 Å². The molecule has 0 radical (unpaired) electrons. The number of ketones is 1. The van der Waals surface area contributed by atoms with E-state index >= 15 is 0 Å². The van der Waals surface area contributed by atoms with Crippen molar-refractivity contribution in [2.75, 3.05) is 11.9 Å². The molecule has 1 amide bonds. The van der Waals surface area contributed by atoms with Crippen LogP contribution in [0.3, 0.4) is 0 Å². The number of nitrogens with one attached hydrogen (secondary N) is 1. The maximum atomic E-state index is 13.1. The Morgan fingerprint density at radius 2 is 1.61 bits per heavy atom. The normalized spacial score (nSPS) is 10.9. The van der Waals surface area contributed by atoms with Gasteiger partial charge in [-0.25, -0.2) is 0 Å². The number of hydrogen-bond acceptors (Lipinski definition) is 4. The van der Waals surface area contributed by atoms with Gasteiger partial charge in [0.05, 0.1) is 22.3 Å². The van der Waals surface area contributed by atoms with E-state index in [0.717, 1.165) is 12.8 Å². The Balaban J connectivity index is 1.68. The highest BCUT2D eigenvalue weighted by molar-refractivity contribution is 6.38. The molecule has 168 valence electrons. The van der Waals surface area contributed by atoms with Gasteiger partial charge in [-0.15, -0.1) is 0 Å². The lowest BCUT2D eigenvalue weighted by Gasteiger charge is -2.12. The van der Waals surface area contributed by atoms with Crippen LogP contribution in [0.2, 0.25) is 10.0 Å². The molecule has 4 aromatic rings. The molecule has 7 heteroatoms. The zero-order chi connectivity index (χ0) is 23.4. The molecule has 0 aliphatic rings. The van der Waals surface area contributed by atoms with Crippen LogP contribution in [0.4, 0.5) is 5.69 Å². The van der Waals surface area contributed by atoms with Gasteiger partial charge >= 0.3 is 0 Å². The van der Waals surface area contributed by atoms with Crippen LogP contribution in [-0.4, -0.2) is 18.3 Å². The van der Waals surface area contributed by atoms with Crippen LogP contribution >= 0.6 is 23.2 Å². The summed E-state index contributed by atoms with van der Waals surface area (Å²) in [5.41, 5.74) is 1.46. The van der Waals surface area contributed by atoms with Crippen LogP contribution in [-0.2, 0) is 0 Å². The molecule has 0 saturated heterocycles. The van der Waals surface area contributed by atoms with Gasteiger partial charge in [-0.1, -0.05) is 79.0 Å². The molecule has 0 fully saturated rings. The fourth-order valence-electron chi connectivity index (χ4n) is 3.38. The summed E-state index contributed by atoms with van der Waals surface area (Å²) in [5.74, 6) is -0.421. The third-order valence-corrected chi connectivity index (χ3v) is 5.64. The monoisotopic (exact) mass is 481 g/mol. The number of amides is 1. The average molecular weight is 482 g/mol. The summed E-state index contributed by atoms with van der Waals surface area (Å²) >= 11 is 12.7. The highest BCUT2D eigenvalue weighted by Gasteiger charge is 2.24. The van der Waals surface area contributed by atoms with Crippen LogP contribution < -0.4 is 10.1 Å². The number of unbranched alkanes of at least 4 members (excludes halogenated alkanes) is 1. The lowest BCUT2D eigenvalue weighted by atomic mass is 10.1. The van der Waals surface area contributed by atoms with Crippen molar-refractivity contribution in [1.82, 2.24) is 0 Å². The Labute approximate surface area is 201 Å². The van der Waals surface area contributed by atoms with Crippen molar-refractivity contribution < 1.29 is 18.7 Å². The highest BCUT2D eigenvalue weighted by Crippen LogP contribution is 2.36. The van der Waals surface area contributed by atoms with E-state index in [1.807, 2.05) is 6.07 Å². The summed E-state index contributed by atoms with van der Waals surface area (Å²) in [6, 6.07) is 18.8. The second kappa shape index (κ2) is 10.1. The average Bonchev–Trinajstić information content (AvgIpc) is 3.19.